The van der Waals surface area contributed by atoms with Crippen molar-refractivity contribution in [1.29, 1.82) is 0 Å². The van der Waals surface area contributed by atoms with Gasteiger partial charge in [-0.25, -0.2) is 13.8 Å². The van der Waals surface area contributed by atoms with E-state index < -0.39 is 17.5 Å². The van der Waals surface area contributed by atoms with Crippen LogP contribution in [0, 0.1) is 11.6 Å². The fourth-order valence-corrected chi connectivity index (χ4v) is 3.71. The second-order valence-electron chi connectivity index (χ2n) is 5.43. The number of fused-ring (bicyclic) bond motifs is 1. The number of aryl methyl sites for hydroxylation is 1. The van der Waals surface area contributed by atoms with E-state index in [1.54, 1.807) is 0 Å². The minimum absolute atomic E-state index is 0.0109. The maximum atomic E-state index is 13.6. The lowest BCUT2D eigenvalue weighted by molar-refractivity contribution is -0.116. The molecule has 0 aliphatic carbocycles. The zero-order valence-electron chi connectivity index (χ0n) is 12.9. The van der Waals surface area contributed by atoms with Crippen molar-refractivity contribution in [3.05, 3.63) is 51.9 Å². The minimum Gasteiger partial charge on any atom is -0.323 e. The molecule has 0 saturated carbocycles. The number of hydrogen-bond acceptors (Lipinski definition) is 4. The molecule has 24 heavy (non-hydrogen) atoms. The van der Waals surface area contributed by atoms with Crippen molar-refractivity contribution in [2.24, 2.45) is 0 Å². The molecule has 1 aliphatic rings. The fourth-order valence-electron chi connectivity index (χ4n) is 2.54. The van der Waals surface area contributed by atoms with Crippen LogP contribution in [0.4, 0.5) is 14.5 Å². The standard InChI is InChI=1S/C16H15F2N3O2S/c1-2-10-6-15(23)21-11(8-24-16(21)19-10)7-14(22)20-13-5-9(17)3-4-12(13)18/h3-6,11H,2,7-8H2,1H3,(H,20,22). The molecule has 3 rings (SSSR count). The molecule has 0 radical (unpaired) electrons. The SMILES string of the molecule is CCc1cc(=O)n2c(n1)SCC2CC(=O)Nc1cc(F)ccc1F. The molecular weight excluding hydrogens is 336 g/mol. The number of benzene rings is 1. The number of carbonyl (C=O) groups is 1. The summed E-state index contributed by atoms with van der Waals surface area (Å²) in [7, 11) is 0. The van der Waals surface area contributed by atoms with Gasteiger partial charge in [-0.15, -0.1) is 0 Å². The summed E-state index contributed by atoms with van der Waals surface area (Å²) in [5.41, 5.74) is 0.306. The van der Waals surface area contributed by atoms with E-state index in [0.717, 1.165) is 18.2 Å². The van der Waals surface area contributed by atoms with Crippen LogP contribution in [-0.2, 0) is 11.2 Å². The van der Waals surface area contributed by atoms with E-state index in [9.17, 15) is 18.4 Å². The third-order valence-corrected chi connectivity index (χ3v) is 4.83. The van der Waals surface area contributed by atoms with Crippen LogP contribution in [0.3, 0.4) is 0 Å². The number of rotatable bonds is 4. The van der Waals surface area contributed by atoms with E-state index in [4.69, 9.17) is 0 Å². The van der Waals surface area contributed by atoms with E-state index in [2.05, 4.69) is 10.3 Å². The molecule has 2 heterocycles. The molecule has 1 aromatic heterocycles. The Kier molecular flexibility index (Phi) is 4.66. The highest BCUT2D eigenvalue weighted by molar-refractivity contribution is 7.99. The van der Waals surface area contributed by atoms with Crippen molar-refractivity contribution in [1.82, 2.24) is 9.55 Å². The summed E-state index contributed by atoms with van der Waals surface area (Å²) in [6, 6.07) is 3.96. The van der Waals surface area contributed by atoms with Gasteiger partial charge in [-0.2, -0.15) is 0 Å². The van der Waals surface area contributed by atoms with Gasteiger partial charge in [0, 0.05) is 30.0 Å². The monoisotopic (exact) mass is 351 g/mol. The maximum absolute atomic E-state index is 13.6. The molecule has 1 unspecified atom stereocenters. The number of nitrogens with one attached hydrogen (secondary N) is 1. The van der Waals surface area contributed by atoms with E-state index in [-0.39, 0.29) is 23.7 Å². The third-order valence-electron chi connectivity index (χ3n) is 3.73. The van der Waals surface area contributed by atoms with Crippen molar-refractivity contribution >= 4 is 23.4 Å². The first-order valence-electron chi connectivity index (χ1n) is 7.48. The van der Waals surface area contributed by atoms with Gasteiger partial charge < -0.3 is 5.32 Å². The quantitative estimate of drug-likeness (QED) is 0.861. The van der Waals surface area contributed by atoms with Crippen molar-refractivity contribution in [2.75, 3.05) is 11.1 Å². The maximum Gasteiger partial charge on any atom is 0.254 e. The number of anilines is 1. The normalized spacial score (nSPS) is 16.0. The van der Waals surface area contributed by atoms with Gasteiger partial charge >= 0.3 is 0 Å². The molecule has 0 fully saturated rings. The topological polar surface area (TPSA) is 64.0 Å². The number of amides is 1. The van der Waals surface area contributed by atoms with Crippen molar-refractivity contribution < 1.29 is 13.6 Å². The average molecular weight is 351 g/mol. The molecule has 1 amide bonds. The second kappa shape index (κ2) is 6.72. The first-order chi connectivity index (χ1) is 11.5. The lowest BCUT2D eigenvalue weighted by Crippen LogP contribution is -2.27. The first kappa shape index (κ1) is 16.6. The Bertz CT molecular complexity index is 854. The Balaban J connectivity index is 1.76. The number of hydrogen-bond donors (Lipinski definition) is 1. The number of halogens is 2. The lowest BCUT2D eigenvalue weighted by Gasteiger charge is -2.13. The van der Waals surface area contributed by atoms with Crippen LogP contribution in [0.2, 0.25) is 0 Å². The van der Waals surface area contributed by atoms with Crippen molar-refractivity contribution in [2.45, 2.75) is 31.0 Å². The molecule has 0 bridgehead atoms. The molecule has 1 aliphatic heterocycles. The summed E-state index contributed by atoms with van der Waals surface area (Å²) in [5.74, 6) is -1.29. The van der Waals surface area contributed by atoms with Gasteiger partial charge in [0.15, 0.2) is 5.16 Å². The summed E-state index contributed by atoms with van der Waals surface area (Å²) in [6.45, 7) is 1.91. The van der Waals surface area contributed by atoms with Crippen LogP contribution in [0.15, 0.2) is 34.2 Å². The van der Waals surface area contributed by atoms with E-state index in [1.807, 2.05) is 6.92 Å². The predicted octanol–water partition coefficient (Wildman–Crippen LogP) is 2.76. The summed E-state index contributed by atoms with van der Waals surface area (Å²) in [6.07, 6.45) is 0.649. The smallest absolute Gasteiger partial charge is 0.254 e. The zero-order chi connectivity index (χ0) is 17.3. The van der Waals surface area contributed by atoms with Crippen LogP contribution in [0.5, 0.6) is 0 Å². The molecule has 1 N–H and O–H groups in total. The van der Waals surface area contributed by atoms with Crippen molar-refractivity contribution in [3.8, 4) is 0 Å². The van der Waals surface area contributed by atoms with E-state index >= 15 is 0 Å². The average Bonchev–Trinajstić information content (AvgIpc) is 2.94. The molecule has 5 nitrogen and oxygen atoms in total. The Morgan fingerprint density at radius 3 is 2.96 bits per heavy atom. The molecular formula is C16H15F2N3O2S. The highest BCUT2D eigenvalue weighted by Crippen LogP contribution is 2.32. The van der Waals surface area contributed by atoms with Gasteiger partial charge in [0.1, 0.15) is 11.6 Å². The first-order valence-corrected chi connectivity index (χ1v) is 8.46. The largest absolute Gasteiger partial charge is 0.323 e. The number of nitrogens with zero attached hydrogens (tertiary/aromatic N) is 2. The van der Waals surface area contributed by atoms with Crippen LogP contribution >= 0.6 is 11.8 Å². The summed E-state index contributed by atoms with van der Waals surface area (Å²) >= 11 is 1.41. The Labute approximate surface area is 141 Å². The molecule has 126 valence electrons. The van der Waals surface area contributed by atoms with Gasteiger partial charge in [-0.05, 0) is 18.6 Å². The molecule has 2 aromatic rings. The minimum atomic E-state index is -0.711. The number of aromatic nitrogens is 2. The Morgan fingerprint density at radius 2 is 2.21 bits per heavy atom. The lowest BCUT2D eigenvalue weighted by atomic mass is 10.2. The molecule has 1 atom stereocenters. The Hall–Kier alpha value is -2.22. The van der Waals surface area contributed by atoms with E-state index in [0.29, 0.717) is 23.0 Å². The van der Waals surface area contributed by atoms with Gasteiger partial charge in [0.25, 0.3) is 5.56 Å². The highest BCUT2D eigenvalue weighted by atomic mass is 32.2. The van der Waals surface area contributed by atoms with E-state index in [1.165, 1.54) is 22.4 Å². The van der Waals surface area contributed by atoms with Gasteiger partial charge in [-0.3, -0.25) is 14.2 Å². The predicted molar refractivity (Wildman–Crippen MR) is 87.2 cm³/mol. The fraction of sp³-hybridized carbons (Fsp3) is 0.312. The van der Waals surface area contributed by atoms with Crippen LogP contribution in [-0.4, -0.2) is 21.2 Å². The van der Waals surface area contributed by atoms with Crippen LogP contribution < -0.4 is 10.9 Å². The Morgan fingerprint density at radius 1 is 1.42 bits per heavy atom. The van der Waals surface area contributed by atoms with Gasteiger partial charge in [0.05, 0.1) is 11.7 Å². The zero-order valence-corrected chi connectivity index (χ0v) is 13.7. The summed E-state index contributed by atoms with van der Waals surface area (Å²) < 4.78 is 28.2. The number of carbonyl (C=O) groups excluding carboxylic acids is 1. The molecule has 1 aromatic carbocycles. The van der Waals surface area contributed by atoms with Gasteiger partial charge in [-0.1, -0.05) is 18.7 Å². The second-order valence-corrected chi connectivity index (χ2v) is 6.42. The number of thioether (sulfide) groups is 1. The molecule has 8 heteroatoms. The highest BCUT2D eigenvalue weighted by Gasteiger charge is 2.27. The van der Waals surface area contributed by atoms with Crippen LogP contribution in [0.1, 0.15) is 25.1 Å². The van der Waals surface area contributed by atoms with Crippen molar-refractivity contribution in [3.63, 3.8) is 0 Å². The molecule has 0 spiro atoms. The van der Waals surface area contributed by atoms with Gasteiger partial charge in [0.2, 0.25) is 5.91 Å². The molecule has 0 saturated heterocycles. The summed E-state index contributed by atoms with van der Waals surface area (Å²) in [4.78, 5) is 28.7. The third kappa shape index (κ3) is 3.33. The summed E-state index contributed by atoms with van der Waals surface area (Å²) in [5, 5.41) is 2.94. The van der Waals surface area contributed by atoms with Crippen LogP contribution in [0.25, 0.3) is 0 Å².